The number of nitrogens with one attached hydrogen (secondary N) is 1. The molecule has 7 heteroatoms. The zero-order chi connectivity index (χ0) is 22.5. The average molecular weight is 431 g/mol. The summed E-state index contributed by atoms with van der Waals surface area (Å²) < 4.78 is 1.30. The minimum Gasteiger partial charge on any atom is -0.383 e. The summed E-state index contributed by atoms with van der Waals surface area (Å²) in [5, 5.41) is 0. The van der Waals surface area contributed by atoms with E-state index in [1.165, 1.54) is 9.47 Å². The first kappa shape index (κ1) is 21.4. The predicted molar refractivity (Wildman–Crippen MR) is 125 cm³/mol. The number of nitrogen functional groups attached to an aromatic ring is 1. The van der Waals surface area contributed by atoms with Gasteiger partial charge in [0, 0.05) is 5.92 Å². The van der Waals surface area contributed by atoms with Gasteiger partial charge >= 0.3 is 5.69 Å². The van der Waals surface area contributed by atoms with Crippen molar-refractivity contribution in [2.45, 2.75) is 32.4 Å². The molecule has 164 valence electrons. The molecule has 1 heterocycles. The van der Waals surface area contributed by atoms with Crippen LogP contribution >= 0.6 is 0 Å². The standard InChI is InChI=1S/C25H26N4O3/c26-22-21(23(30)27-25(32)29(22)17-19-12-6-2-7-13-19)28(16-18-10-4-1-5-11-18)24(31)20-14-8-3-9-15-20/h1-8,10-13,20H,9,14-17,26H2,(H,27,30,32)/t20-/m0/s1. The maximum absolute atomic E-state index is 13.6. The van der Waals surface area contributed by atoms with Gasteiger partial charge in [0.15, 0.2) is 5.69 Å². The zero-order valence-electron chi connectivity index (χ0n) is 17.7. The van der Waals surface area contributed by atoms with Crippen molar-refractivity contribution in [3.63, 3.8) is 0 Å². The maximum atomic E-state index is 13.6. The summed E-state index contributed by atoms with van der Waals surface area (Å²) in [5.41, 5.74) is 6.87. The quantitative estimate of drug-likeness (QED) is 0.587. The number of benzene rings is 2. The molecule has 1 aromatic heterocycles. The monoisotopic (exact) mass is 430 g/mol. The molecule has 1 aliphatic carbocycles. The van der Waals surface area contributed by atoms with Crippen LogP contribution in [-0.4, -0.2) is 15.5 Å². The van der Waals surface area contributed by atoms with Gasteiger partial charge in [-0.25, -0.2) is 4.79 Å². The number of carbonyl (C=O) groups excluding carboxylic acids is 1. The molecule has 0 bridgehead atoms. The van der Waals surface area contributed by atoms with E-state index in [-0.39, 0.29) is 36.4 Å². The Morgan fingerprint density at radius 1 is 1.00 bits per heavy atom. The van der Waals surface area contributed by atoms with Gasteiger partial charge < -0.3 is 5.73 Å². The van der Waals surface area contributed by atoms with E-state index in [9.17, 15) is 14.4 Å². The van der Waals surface area contributed by atoms with Crippen LogP contribution in [0.2, 0.25) is 0 Å². The SMILES string of the molecule is Nc1c(N(Cc2ccccc2)C(=O)[C@H]2CC=CCC2)c(=O)[nH]c(=O)n1Cc1ccccc1. The third-order valence-electron chi connectivity index (χ3n) is 5.74. The van der Waals surface area contributed by atoms with Gasteiger partial charge in [0.1, 0.15) is 5.82 Å². The number of aromatic amines is 1. The second-order valence-electron chi connectivity index (χ2n) is 7.96. The van der Waals surface area contributed by atoms with E-state index in [1.54, 1.807) is 0 Å². The van der Waals surface area contributed by atoms with Gasteiger partial charge in [-0.3, -0.25) is 24.0 Å². The minimum atomic E-state index is -0.660. The third kappa shape index (κ3) is 4.56. The molecule has 0 radical (unpaired) electrons. The van der Waals surface area contributed by atoms with Gasteiger partial charge in [0.25, 0.3) is 5.56 Å². The molecule has 4 rings (SSSR count). The molecule has 0 spiro atoms. The van der Waals surface area contributed by atoms with Crippen molar-refractivity contribution < 1.29 is 4.79 Å². The first-order valence-electron chi connectivity index (χ1n) is 10.7. The Morgan fingerprint density at radius 2 is 1.66 bits per heavy atom. The van der Waals surface area contributed by atoms with Gasteiger partial charge in [0.2, 0.25) is 5.91 Å². The molecule has 2 aromatic carbocycles. The Labute approximate surface area is 185 Å². The first-order valence-corrected chi connectivity index (χ1v) is 10.7. The highest BCUT2D eigenvalue weighted by Crippen LogP contribution is 2.27. The Morgan fingerprint density at radius 3 is 2.28 bits per heavy atom. The van der Waals surface area contributed by atoms with Crippen LogP contribution in [0.25, 0.3) is 0 Å². The number of allylic oxidation sites excluding steroid dienone is 2. The summed E-state index contributed by atoms with van der Waals surface area (Å²) >= 11 is 0. The van der Waals surface area contributed by atoms with Gasteiger partial charge in [-0.15, -0.1) is 0 Å². The van der Waals surface area contributed by atoms with Crippen LogP contribution in [0, 0.1) is 5.92 Å². The van der Waals surface area contributed by atoms with Gasteiger partial charge in [-0.05, 0) is 30.4 Å². The second kappa shape index (κ2) is 9.51. The molecule has 3 aromatic rings. The number of nitrogens with two attached hydrogens (primary N) is 1. The van der Waals surface area contributed by atoms with Crippen molar-refractivity contribution in [2.24, 2.45) is 5.92 Å². The minimum absolute atomic E-state index is 0.0155. The normalized spacial score (nSPS) is 15.4. The number of aromatic nitrogens is 2. The molecular weight excluding hydrogens is 404 g/mol. The van der Waals surface area contributed by atoms with Crippen LogP contribution in [0.5, 0.6) is 0 Å². The van der Waals surface area contributed by atoms with Gasteiger partial charge in [-0.1, -0.05) is 72.8 Å². The van der Waals surface area contributed by atoms with Crippen molar-refractivity contribution in [1.29, 1.82) is 0 Å². The lowest BCUT2D eigenvalue weighted by Crippen LogP contribution is -2.43. The molecule has 0 saturated heterocycles. The first-order chi connectivity index (χ1) is 15.5. The lowest BCUT2D eigenvalue weighted by molar-refractivity contribution is -0.122. The van der Waals surface area contributed by atoms with E-state index in [0.29, 0.717) is 12.8 Å². The van der Waals surface area contributed by atoms with E-state index < -0.39 is 11.2 Å². The van der Waals surface area contributed by atoms with E-state index in [2.05, 4.69) is 11.1 Å². The molecule has 1 amide bonds. The maximum Gasteiger partial charge on any atom is 0.330 e. The highest BCUT2D eigenvalue weighted by Gasteiger charge is 2.30. The lowest BCUT2D eigenvalue weighted by atomic mass is 9.92. The Balaban J connectivity index is 1.79. The summed E-state index contributed by atoms with van der Waals surface area (Å²) in [6.07, 6.45) is 6.20. The van der Waals surface area contributed by atoms with E-state index in [0.717, 1.165) is 17.5 Å². The molecule has 0 aliphatic heterocycles. The molecule has 3 N–H and O–H groups in total. The summed E-state index contributed by atoms with van der Waals surface area (Å²) in [5.74, 6) is -0.421. The van der Waals surface area contributed by atoms with Crippen LogP contribution in [0.1, 0.15) is 30.4 Å². The molecule has 0 unspecified atom stereocenters. The summed E-state index contributed by atoms with van der Waals surface area (Å²) in [6, 6.07) is 18.8. The van der Waals surface area contributed by atoms with Crippen molar-refractivity contribution >= 4 is 17.4 Å². The lowest BCUT2D eigenvalue weighted by Gasteiger charge is -2.29. The number of carbonyl (C=O) groups is 1. The molecule has 1 atom stereocenters. The smallest absolute Gasteiger partial charge is 0.330 e. The van der Waals surface area contributed by atoms with Crippen molar-refractivity contribution in [1.82, 2.24) is 9.55 Å². The number of hydrogen-bond acceptors (Lipinski definition) is 4. The molecule has 7 nitrogen and oxygen atoms in total. The number of rotatable bonds is 6. The van der Waals surface area contributed by atoms with Crippen LogP contribution in [0.15, 0.2) is 82.4 Å². The van der Waals surface area contributed by atoms with E-state index in [4.69, 9.17) is 5.73 Å². The topological polar surface area (TPSA) is 101 Å². The van der Waals surface area contributed by atoms with Crippen molar-refractivity contribution in [3.8, 4) is 0 Å². The van der Waals surface area contributed by atoms with Crippen molar-refractivity contribution in [3.05, 3.63) is 105 Å². The van der Waals surface area contributed by atoms with Crippen LogP contribution in [0.4, 0.5) is 11.5 Å². The van der Waals surface area contributed by atoms with Crippen LogP contribution in [-0.2, 0) is 17.9 Å². The Bertz CT molecular complexity index is 1230. The van der Waals surface area contributed by atoms with Gasteiger partial charge in [-0.2, -0.15) is 0 Å². The number of anilines is 2. The Hall–Kier alpha value is -3.87. The van der Waals surface area contributed by atoms with Crippen molar-refractivity contribution in [2.75, 3.05) is 10.6 Å². The predicted octanol–water partition coefficient (Wildman–Crippen LogP) is 3.06. The fourth-order valence-corrected chi connectivity index (χ4v) is 4.03. The number of hydrogen-bond donors (Lipinski definition) is 2. The van der Waals surface area contributed by atoms with Crippen LogP contribution in [0.3, 0.4) is 0 Å². The third-order valence-corrected chi connectivity index (χ3v) is 5.74. The number of amides is 1. The Kier molecular flexibility index (Phi) is 6.35. The molecule has 0 fully saturated rings. The van der Waals surface area contributed by atoms with E-state index in [1.807, 2.05) is 66.7 Å². The fourth-order valence-electron chi connectivity index (χ4n) is 4.03. The molecule has 1 aliphatic rings. The van der Waals surface area contributed by atoms with Gasteiger partial charge in [0.05, 0.1) is 13.1 Å². The highest BCUT2D eigenvalue weighted by molar-refractivity contribution is 5.97. The highest BCUT2D eigenvalue weighted by atomic mass is 16.2. The number of H-pyrrole nitrogens is 1. The average Bonchev–Trinajstić information content (AvgIpc) is 2.82. The fraction of sp³-hybridized carbons (Fsp3) is 0.240. The number of nitrogens with zero attached hydrogens (tertiary/aromatic N) is 2. The molecule has 0 saturated carbocycles. The molecule has 32 heavy (non-hydrogen) atoms. The summed E-state index contributed by atoms with van der Waals surface area (Å²) in [6.45, 7) is 0.380. The largest absolute Gasteiger partial charge is 0.383 e. The van der Waals surface area contributed by atoms with Crippen LogP contribution < -0.4 is 21.9 Å². The summed E-state index contributed by atoms with van der Waals surface area (Å²) in [4.78, 5) is 42.9. The second-order valence-corrected chi connectivity index (χ2v) is 7.96. The zero-order valence-corrected chi connectivity index (χ0v) is 17.7. The summed E-state index contributed by atoms with van der Waals surface area (Å²) in [7, 11) is 0. The molecular formula is C25H26N4O3. The van der Waals surface area contributed by atoms with E-state index >= 15 is 0 Å².